The van der Waals surface area contributed by atoms with Crippen LogP contribution in [0.2, 0.25) is 0 Å². The average Bonchev–Trinajstić information content (AvgIpc) is 0.817. The van der Waals surface area contributed by atoms with Gasteiger partial charge in [-0.3, -0.25) is 0 Å². The number of benzene rings is 10. The zero-order chi connectivity index (χ0) is 60.5. The van der Waals surface area contributed by atoms with Gasteiger partial charge in [0.25, 0.3) is 6.71 Å². The molecule has 12 aromatic rings. The normalized spacial score (nSPS) is 13.3. The minimum atomic E-state index is -4.83. The molecule has 0 fully saturated rings. The molecule has 0 aliphatic carbocycles. The van der Waals surface area contributed by atoms with Gasteiger partial charge in [0.05, 0.1) is 22.3 Å². The second-order valence-corrected chi connectivity index (χ2v) is 26.5. The van der Waals surface area contributed by atoms with Gasteiger partial charge in [0.15, 0.2) is 17.5 Å². The van der Waals surface area contributed by atoms with Crippen molar-refractivity contribution in [2.24, 2.45) is 0 Å². The quantitative estimate of drug-likeness (QED) is 0.149. The molecule has 0 saturated carbocycles. The molecule has 0 spiro atoms. The number of aryl methyl sites for hydroxylation is 1. The molecule has 428 valence electrons. The Labute approximate surface area is 507 Å². The number of halogens is 3. The van der Waals surface area contributed by atoms with E-state index in [0.29, 0.717) is 22.2 Å². The molecule has 0 amide bonds. The van der Waals surface area contributed by atoms with Crippen molar-refractivity contribution < 1.29 is 13.2 Å². The van der Waals surface area contributed by atoms with Crippen molar-refractivity contribution >= 4 is 79.0 Å². The predicted molar refractivity (Wildman–Crippen MR) is 356 cm³/mol. The summed E-state index contributed by atoms with van der Waals surface area (Å²) in [6.45, 7) is 22.6. The minimum Gasteiger partial charge on any atom is -0.311 e. The highest BCUT2D eigenvalue weighted by Crippen LogP contribution is 2.50. The molecule has 14 rings (SSSR count). The number of alkyl halides is 3. The average molecular weight is 1140 g/mol. The first-order valence-corrected chi connectivity index (χ1v) is 29.9. The summed E-state index contributed by atoms with van der Waals surface area (Å²) < 4.78 is 51.0. The highest BCUT2D eigenvalue weighted by atomic mass is 19.4. The molecule has 4 heterocycles. The van der Waals surface area contributed by atoms with Gasteiger partial charge in [0, 0.05) is 61.6 Å². The Balaban J connectivity index is 1.03. The first-order chi connectivity index (χ1) is 41.6. The third-order valence-corrected chi connectivity index (χ3v) is 17.5. The number of rotatable bonds is 7. The van der Waals surface area contributed by atoms with E-state index in [0.717, 1.165) is 56.0 Å². The Hall–Kier alpha value is -9.54. The number of nitrogens with zero attached hydrogens (tertiary/aromatic N) is 6. The summed E-state index contributed by atoms with van der Waals surface area (Å²) in [4.78, 5) is 19.4. The number of aromatic nitrogens is 4. The number of para-hydroxylation sites is 3. The summed E-state index contributed by atoms with van der Waals surface area (Å²) in [5, 5.41) is 1.63. The third kappa shape index (κ3) is 9.57. The van der Waals surface area contributed by atoms with Crippen molar-refractivity contribution in [2.75, 3.05) is 9.80 Å². The lowest BCUT2D eigenvalue weighted by Crippen LogP contribution is -2.61. The molecule has 2 aromatic heterocycles. The SMILES string of the molecule is Cc1cc(N2c3ccccc3B3c4ccccc4N(c4cc(C(C)(C)C)cc(C(C)(C)C)c4)c4cc(-c5ccc6c(c5)c5ccccc5n6-c5cccc(-c6nc(-c7ccccc7)nc(-c7ccccc7)n6)c5C(F)(F)F)cc2c43)cc(C(C)(C)C)c1. The predicted octanol–water partition coefficient (Wildman–Crippen LogP) is 18.9. The van der Waals surface area contributed by atoms with Gasteiger partial charge in [0.1, 0.15) is 0 Å². The van der Waals surface area contributed by atoms with Crippen LogP contribution in [0.1, 0.15) is 90.1 Å². The zero-order valence-corrected chi connectivity index (χ0v) is 50.7. The van der Waals surface area contributed by atoms with Crippen LogP contribution in [-0.4, -0.2) is 26.2 Å². The van der Waals surface area contributed by atoms with Crippen LogP contribution in [0.4, 0.5) is 47.3 Å². The van der Waals surface area contributed by atoms with E-state index in [1.165, 1.54) is 44.7 Å². The summed E-state index contributed by atoms with van der Waals surface area (Å²) >= 11 is 0. The van der Waals surface area contributed by atoms with Crippen molar-refractivity contribution in [3.8, 4) is 51.0 Å². The largest absolute Gasteiger partial charge is 0.419 e. The Kier molecular flexibility index (Phi) is 12.9. The molecule has 87 heavy (non-hydrogen) atoms. The van der Waals surface area contributed by atoms with Gasteiger partial charge in [-0.2, -0.15) is 13.2 Å². The van der Waals surface area contributed by atoms with Crippen LogP contribution in [0.25, 0.3) is 72.8 Å². The molecule has 0 unspecified atom stereocenters. The molecular weight excluding hydrogens is 1080 g/mol. The van der Waals surface area contributed by atoms with Crippen LogP contribution >= 0.6 is 0 Å². The zero-order valence-electron chi connectivity index (χ0n) is 50.7. The van der Waals surface area contributed by atoms with E-state index in [4.69, 9.17) is 15.0 Å². The molecule has 10 aromatic carbocycles. The van der Waals surface area contributed by atoms with Crippen LogP contribution in [0.5, 0.6) is 0 Å². The van der Waals surface area contributed by atoms with Crippen LogP contribution in [-0.2, 0) is 22.4 Å². The van der Waals surface area contributed by atoms with Crippen molar-refractivity contribution in [3.63, 3.8) is 0 Å². The van der Waals surface area contributed by atoms with Gasteiger partial charge in [-0.15, -0.1) is 0 Å². The van der Waals surface area contributed by atoms with Crippen molar-refractivity contribution in [1.82, 2.24) is 19.5 Å². The van der Waals surface area contributed by atoms with Gasteiger partial charge < -0.3 is 14.4 Å². The lowest BCUT2D eigenvalue weighted by atomic mass is 9.33. The van der Waals surface area contributed by atoms with Crippen LogP contribution in [0.3, 0.4) is 0 Å². The maximum atomic E-state index is 16.4. The lowest BCUT2D eigenvalue weighted by Gasteiger charge is -2.45. The topological polar surface area (TPSA) is 50.1 Å². The van der Waals surface area contributed by atoms with E-state index >= 15 is 13.2 Å². The van der Waals surface area contributed by atoms with Gasteiger partial charge in [0.2, 0.25) is 0 Å². The first-order valence-electron chi connectivity index (χ1n) is 29.9. The van der Waals surface area contributed by atoms with Gasteiger partial charge in [-0.1, -0.05) is 208 Å². The Morgan fingerprint density at radius 3 is 1.39 bits per heavy atom. The second-order valence-electron chi connectivity index (χ2n) is 26.5. The van der Waals surface area contributed by atoms with Gasteiger partial charge >= 0.3 is 6.18 Å². The van der Waals surface area contributed by atoms with E-state index in [-0.39, 0.29) is 51.7 Å². The van der Waals surface area contributed by atoms with Crippen molar-refractivity contribution in [2.45, 2.75) is 91.7 Å². The lowest BCUT2D eigenvalue weighted by molar-refractivity contribution is -0.137. The number of anilines is 6. The van der Waals surface area contributed by atoms with Gasteiger partial charge in [-0.05, 0) is 146 Å². The summed E-state index contributed by atoms with van der Waals surface area (Å²) in [7, 11) is 0. The third-order valence-electron chi connectivity index (χ3n) is 17.5. The Bertz CT molecular complexity index is 4630. The molecule has 6 nitrogen and oxygen atoms in total. The number of fused-ring (bicyclic) bond motifs is 7. The summed E-state index contributed by atoms with van der Waals surface area (Å²) in [5.74, 6) is 0.470. The maximum Gasteiger partial charge on any atom is 0.419 e. The molecule has 0 radical (unpaired) electrons. The number of hydrogen-bond acceptors (Lipinski definition) is 5. The molecular formula is C77H66BF3N6. The van der Waals surface area contributed by atoms with Crippen LogP contribution < -0.4 is 26.2 Å². The molecule has 2 aliphatic heterocycles. The standard InChI is InChI=1S/C77H66BF3N6/c1-47-38-52(74(2,3)4)44-55(39-47)85-64-33-21-18-30-60(64)78-61-31-19-22-34-65(61)86(56-45-53(75(5,6)7)43-54(46-56)76(8,9)10)68-42-51(41-67(85)70(68)78)50-36-37-63-59(40-50)57-28-17-20-32-62(57)87(63)66-35-23-29-58(69(66)77(79,80)81)73-83-71(48-24-13-11-14-25-48)82-72(84-73)49-26-15-12-16-27-49/h11-46H,1-10H3. The van der Waals surface area contributed by atoms with E-state index in [9.17, 15) is 0 Å². The smallest absolute Gasteiger partial charge is 0.311 e. The second kappa shape index (κ2) is 20.3. The fourth-order valence-electron chi connectivity index (χ4n) is 13.1. The fourth-order valence-corrected chi connectivity index (χ4v) is 13.1. The molecule has 0 bridgehead atoms. The Morgan fingerprint density at radius 2 is 0.839 bits per heavy atom. The van der Waals surface area contributed by atoms with Crippen LogP contribution in [0.15, 0.2) is 218 Å². The highest BCUT2D eigenvalue weighted by Gasteiger charge is 2.44. The van der Waals surface area contributed by atoms with E-state index in [1.54, 1.807) is 16.7 Å². The summed E-state index contributed by atoms with van der Waals surface area (Å²) in [5.41, 5.74) is 18.1. The first kappa shape index (κ1) is 55.3. The van der Waals surface area contributed by atoms with Gasteiger partial charge in [-0.25, -0.2) is 15.0 Å². The minimum absolute atomic E-state index is 0.0327. The van der Waals surface area contributed by atoms with Crippen LogP contribution in [0, 0.1) is 6.92 Å². The number of hydrogen-bond donors (Lipinski definition) is 0. The maximum absolute atomic E-state index is 16.4. The Morgan fingerprint density at radius 1 is 0.368 bits per heavy atom. The monoisotopic (exact) mass is 1140 g/mol. The molecule has 10 heteroatoms. The van der Waals surface area contributed by atoms with E-state index < -0.39 is 11.7 Å². The van der Waals surface area contributed by atoms with E-state index in [1.807, 2.05) is 91.0 Å². The molecule has 0 N–H and O–H groups in total. The summed E-state index contributed by atoms with van der Waals surface area (Å²) in [6, 6.07) is 73.9. The molecule has 0 atom stereocenters. The summed E-state index contributed by atoms with van der Waals surface area (Å²) in [6.07, 6.45) is -4.83. The van der Waals surface area contributed by atoms with E-state index in [2.05, 4.69) is 188 Å². The molecule has 2 aliphatic rings. The molecule has 0 saturated heterocycles. The van der Waals surface area contributed by atoms with Crippen molar-refractivity contribution in [3.05, 3.63) is 246 Å². The highest BCUT2D eigenvalue weighted by molar-refractivity contribution is 7.00. The fraction of sp³-hybridized carbons (Fsp3) is 0.182. The van der Waals surface area contributed by atoms with Crippen molar-refractivity contribution in [1.29, 1.82) is 0 Å².